The molecular formula is C54H40N4. The normalized spacial score (nSPS) is 11.3. The fourth-order valence-electron chi connectivity index (χ4n) is 8.14. The Labute approximate surface area is 338 Å². The molecule has 0 saturated carbocycles. The first kappa shape index (κ1) is 35.0. The van der Waals surface area contributed by atoms with Crippen molar-refractivity contribution >= 4 is 21.8 Å². The van der Waals surface area contributed by atoms with Gasteiger partial charge in [-0.3, -0.25) is 4.57 Å². The van der Waals surface area contributed by atoms with Gasteiger partial charge >= 0.3 is 0 Å². The monoisotopic (exact) mass is 744 g/mol. The molecule has 0 fully saturated rings. The molecule has 0 unspecified atom stereocenters. The molecule has 8 aromatic carbocycles. The van der Waals surface area contributed by atoms with Crippen molar-refractivity contribution in [2.45, 2.75) is 19.8 Å². The van der Waals surface area contributed by atoms with Gasteiger partial charge in [0.25, 0.3) is 0 Å². The van der Waals surface area contributed by atoms with Gasteiger partial charge in [-0.25, -0.2) is 4.98 Å². The van der Waals surface area contributed by atoms with Gasteiger partial charge in [-0.1, -0.05) is 170 Å². The molecule has 4 nitrogen and oxygen atoms in total. The summed E-state index contributed by atoms with van der Waals surface area (Å²) < 4.78 is 2.20. The Morgan fingerprint density at radius 3 is 1.47 bits per heavy atom. The number of benzene rings is 8. The third-order valence-electron chi connectivity index (χ3n) is 11.2. The lowest BCUT2D eigenvalue weighted by molar-refractivity contribution is 0.953. The van der Waals surface area contributed by atoms with Crippen molar-refractivity contribution in [2.24, 2.45) is 0 Å². The predicted octanol–water partition coefficient (Wildman–Crippen LogP) is 13.4. The van der Waals surface area contributed by atoms with Crippen molar-refractivity contribution in [3.05, 3.63) is 217 Å². The average molecular weight is 745 g/mol. The Balaban J connectivity index is 1.14. The van der Waals surface area contributed by atoms with Crippen LogP contribution in [0.1, 0.15) is 16.7 Å². The van der Waals surface area contributed by atoms with E-state index in [9.17, 15) is 0 Å². The van der Waals surface area contributed by atoms with Crippen LogP contribution in [0.15, 0.2) is 200 Å². The molecular weight excluding hydrogens is 705 g/mol. The van der Waals surface area contributed by atoms with Crippen LogP contribution in [-0.2, 0) is 12.8 Å². The summed E-state index contributed by atoms with van der Waals surface area (Å²) in [5.41, 5.74) is 15.2. The van der Waals surface area contributed by atoms with Crippen LogP contribution in [0, 0.1) is 6.92 Å². The number of fused-ring (bicyclic) bond motifs is 3. The van der Waals surface area contributed by atoms with E-state index < -0.39 is 0 Å². The highest BCUT2D eigenvalue weighted by Gasteiger charge is 2.20. The van der Waals surface area contributed by atoms with Crippen LogP contribution in [0.25, 0.3) is 83.9 Å². The van der Waals surface area contributed by atoms with E-state index in [1.165, 1.54) is 38.9 Å². The van der Waals surface area contributed by atoms with E-state index in [0.717, 1.165) is 56.9 Å². The fourth-order valence-corrected chi connectivity index (χ4v) is 8.14. The van der Waals surface area contributed by atoms with E-state index >= 15 is 0 Å². The third-order valence-corrected chi connectivity index (χ3v) is 11.2. The Hall–Kier alpha value is -7.43. The minimum absolute atomic E-state index is 0.581. The van der Waals surface area contributed by atoms with E-state index in [1.54, 1.807) is 0 Å². The number of aromatic nitrogens is 4. The number of aryl methyl sites for hydroxylation is 3. The van der Waals surface area contributed by atoms with Crippen LogP contribution in [0.5, 0.6) is 0 Å². The Kier molecular flexibility index (Phi) is 9.21. The Morgan fingerprint density at radius 1 is 0.379 bits per heavy atom. The zero-order chi connectivity index (χ0) is 38.8. The molecule has 0 atom stereocenters. The SMILES string of the molecule is Cc1ccc(-c2ccc3c(c2)c2cc(-c4ccccc4)ccc2n3-c2nc(-c3ccccc3)nc(-c3ccccc3)n2)cc1-c1ccccc1CCc1ccccc1. The summed E-state index contributed by atoms with van der Waals surface area (Å²) in [6.45, 7) is 2.22. The van der Waals surface area contributed by atoms with Crippen LogP contribution >= 0.6 is 0 Å². The standard InChI is InChI=1S/C54H40N4/c1-37-26-28-44(34-47(37)46-25-15-14-20-40(46)29-27-38-16-6-2-7-17-38)45-31-33-51-49(36-45)48-35-43(39-18-8-3-9-19-39)30-32-50(48)58(51)54-56-52(41-21-10-4-11-22-41)55-53(57-54)42-23-12-5-13-24-42/h2-26,28,30-36H,27,29H2,1H3. The van der Waals surface area contributed by atoms with Crippen LogP contribution < -0.4 is 0 Å². The first-order chi connectivity index (χ1) is 28.7. The fraction of sp³-hybridized carbons (Fsp3) is 0.0556. The summed E-state index contributed by atoms with van der Waals surface area (Å²) in [4.78, 5) is 15.3. The van der Waals surface area contributed by atoms with Crippen LogP contribution in [0.4, 0.5) is 0 Å². The van der Waals surface area contributed by atoms with Crippen molar-refractivity contribution in [1.82, 2.24) is 19.5 Å². The molecule has 276 valence electrons. The van der Waals surface area contributed by atoms with Crippen molar-refractivity contribution in [3.8, 4) is 62.1 Å². The maximum absolute atomic E-state index is 5.17. The molecule has 0 spiro atoms. The highest BCUT2D eigenvalue weighted by atomic mass is 15.2. The first-order valence-electron chi connectivity index (χ1n) is 19.9. The highest BCUT2D eigenvalue weighted by molar-refractivity contribution is 6.11. The highest BCUT2D eigenvalue weighted by Crippen LogP contribution is 2.39. The molecule has 0 radical (unpaired) electrons. The van der Waals surface area contributed by atoms with Gasteiger partial charge in [0.2, 0.25) is 5.95 Å². The lowest BCUT2D eigenvalue weighted by atomic mass is 9.90. The number of nitrogens with zero attached hydrogens (tertiary/aromatic N) is 4. The second-order valence-electron chi connectivity index (χ2n) is 14.9. The smallest absolute Gasteiger partial charge is 0.238 e. The molecule has 10 rings (SSSR count). The Morgan fingerprint density at radius 2 is 0.862 bits per heavy atom. The van der Waals surface area contributed by atoms with Crippen LogP contribution in [0.3, 0.4) is 0 Å². The molecule has 0 saturated heterocycles. The summed E-state index contributed by atoms with van der Waals surface area (Å²) in [6, 6.07) is 71.0. The van der Waals surface area contributed by atoms with E-state index in [4.69, 9.17) is 15.0 Å². The van der Waals surface area contributed by atoms with Crippen LogP contribution in [0.2, 0.25) is 0 Å². The summed E-state index contributed by atoms with van der Waals surface area (Å²) in [6.07, 6.45) is 1.98. The van der Waals surface area contributed by atoms with Crippen molar-refractivity contribution in [2.75, 3.05) is 0 Å². The molecule has 0 N–H and O–H groups in total. The van der Waals surface area contributed by atoms with E-state index in [1.807, 2.05) is 36.4 Å². The van der Waals surface area contributed by atoms with E-state index in [-0.39, 0.29) is 0 Å². The topological polar surface area (TPSA) is 43.6 Å². The minimum Gasteiger partial charge on any atom is -0.278 e. The van der Waals surface area contributed by atoms with Crippen molar-refractivity contribution in [3.63, 3.8) is 0 Å². The molecule has 2 aromatic heterocycles. The van der Waals surface area contributed by atoms with Crippen molar-refractivity contribution in [1.29, 1.82) is 0 Å². The summed E-state index contributed by atoms with van der Waals surface area (Å²) >= 11 is 0. The average Bonchev–Trinajstić information content (AvgIpc) is 3.63. The molecule has 0 aliphatic rings. The van der Waals surface area contributed by atoms with Gasteiger partial charge in [0.1, 0.15) is 0 Å². The third kappa shape index (κ3) is 6.75. The number of hydrogen-bond acceptors (Lipinski definition) is 3. The quantitative estimate of drug-likeness (QED) is 0.148. The van der Waals surface area contributed by atoms with Gasteiger partial charge in [0.15, 0.2) is 11.6 Å². The number of hydrogen-bond donors (Lipinski definition) is 0. The molecule has 0 aliphatic heterocycles. The number of rotatable bonds is 9. The largest absolute Gasteiger partial charge is 0.278 e. The Bertz CT molecular complexity index is 2990. The molecule has 0 bridgehead atoms. The van der Waals surface area contributed by atoms with Crippen LogP contribution in [-0.4, -0.2) is 19.5 Å². The summed E-state index contributed by atoms with van der Waals surface area (Å²) in [5, 5.41) is 2.28. The lowest BCUT2D eigenvalue weighted by Gasteiger charge is -2.14. The zero-order valence-electron chi connectivity index (χ0n) is 32.3. The van der Waals surface area contributed by atoms with Gasteiger partial charge in [-0.05, 0) is 100 Å². The maximum atomic E-state index is 5.17. The minimum atomic E-state index is 0.581. The first-order valence-corrected chi connectivity index (χ1v) is 19.9. The molecule has 58 heavy (non-hydrogen) atoms. The molecule has 4 heteroatoms. The van der Waals surface area contributed by atoms with Gasteiger partial charge < -0.3 is 0 Å². The molecule has 10 aromatic rings. The second kappa shape index (κ2) is 15.2. The van der Waals surface area contributed by atoms with Gasteiger partial charge in [-0.15, -0.1) is 0 Å². The second-order valence-corrected chi connectivity index (χ2v) is 14.9. The zero-order valence-corrected chi connectivity index (χ0v) is 32.3. The summed E-state index contributed by atoms with van der Waals surface area (Å²) in [7, 11) is 0. The molecule has 0 amide bonds. The van der Waals surface area contributed by atoms with Gasteiger partial charge in [-0.2, -0.15) is 9.97 Å². The van der Waals surface area contributed by atoms with Gasteiger partial charge in [0.05, 0.1) is 11.0 Å². The molecule has 0 aliphatic carbocycles. The van der Waals surface area contributed by atoms with Crippen molar-refractivity contribution < 1.29 is 0 Å². The molecule has 2 heterocycles. The predicted molar refractivity (Wildman–Crippen MR) is 240 cm³/mol. The van der Waals surface area contributed by atoms with E-state index in [0.29, 0.717) is 17.6 Å². The maximum Gasteiger partial charge on any atom is 0.238 e. The lowest BCUT2D eigenvalue weighted by Crippen LogP contribution is -2.06. The summed E-state index contributed by atoms with van der Waals surface area (Å²) in [5.74, 6) is 1.85. The van der Waals surface area contributed by atoms with Gasteiger partial charge in [0, 0.05) is 21.9 Å². The van der Waals surface area contributed by atoms with E-state index in [2.05, 4.69) is 175 Å².